The predicted molar refractivity (Wildman–Crippen MR) is 101 cm³/mol. The molecule has 1 amide bonds. The number of carbonyl (C=O) groups is 1. The third-order valence-electron chi connectivity index (χ3n) is 3.46. The van der Waals surface area contributed by atoms with Gasteiger partial charge in [-0.3, -0.25) is 4.79 Å². The van der Waals surface area contributed by atoms with Crippen molar-refractivity contribution in [3.8, 4) is 11.8 Å². The van der Waals surface area contributed by atoms with Gasteiger partial charge in [0, 0.05) is 17.4 Å². The van der Waals surface area contributed by atoms with E-state index >= 15 is 0 Å². The van der Waals surface area contributed by atoms with E-state index in [2.05, 4.69) is 27.1 Å². The fourth-order valence-electron chi connectivity index (χ4n) is 2.23. The summed E-state index contributed by atoms with van der Waals surface area (Å²) in [5.41, 5.74) is 0.935. The van der Waals surface area contributed by atoms with E-state index in [-0.39, 0.29) is 0 Å². The second-order valence-corrected chi connectivity index (χ2v) is 6.08. The predicted octanol–water partition coefficient (Wildman–Crippen LogP) is 4.13. The molecule has 0 aliphatic heterocycles. The van der Waals surface area contributed by atoms with E-state index in [4.69, 9.17) is 0 Å². The van der Waals surface area contributed by atoms with Crippen molar-refractivity contribution in [1.82, 2.24) is 9.97 Å². The maximum atomic E-state index is 13.7. The first kappa shape index (κ1) is 18.5. The number of anilines is 1. The average Bonchev–Trinajstić information content (AvgIpc) is 2.67. The summed E-state index contributed by atoms with van der Waals surface area (Å²) in [7, 11) is 0. The van der Waals surface area contributed by atoms with Crippen LogP contribution in [-0.4, -0.2) is 22.1 Å². The van der Waals surface area contributed by atoms with Crippen LogP contribution in [0.15, 0.2) is 59.9 Å². The van der Waals surface area contributed by atoms with Gasteiger partial charge < -0.3 is 5.32 Å². The first-order valence-corrected chi connectivity index (χ1v) is 9.04. The molecule has 3 aromatic rings. The second kappa shape index (κ2) is 8.43. The number of halogens is 2. The van der Waals surface area contributed by atoms with Gasteiger partial charge in [-0.15, -0.1) is 0 Å². The number of aromatic nitrogens is 2. The van der Waals surface area contributed by atoms with Gasteiger partial charge in [0.1, 0.15) is 22.9 Å². The number of nitrogens with zero attached hydrogens (tertiary/aromatic N) is 2. The van der Waals surface area contributed by atoms with Crippen LogP contribution in [0.5, 0.6) is 0 Å². The number of nitrogens with one attached hydrogen (secondary N) is 1. The van der Waals surface area contributed by atoms with E-state index in [1.165, 1.54) is 17.8 Å². The Morgan fingerprint density at radius 3 is 2.56 bits per heavy atom. The molecule has 0 spiro atoms. The Morgan fingerprint density at radius 1 is 1.07 bits per heavy atom. The zero-order valence-electron chi connectivity index (χ0n) is 14.2. The molecule has 27 heavy (non-hydrogen) atoms. The lowest BCUT2D eigenvalue weighted by Crippen LogP contribution is -2.15. The molecule has 0 bridgehead atoms. The molecular formula is C20H13F2N3OS. The minimum absolute atomic E-state index is 0.377. The van der Waals surface area contributed by atoms with Crippen LogP contribution in [0.25, 0.3) is 0 Å². The Hall–Kier alpha value is -3.24. The molecular weight excluding hydrogens is 368 g/mol. The number of hydrogen-bond acceptors (Lipinski definition) is 4. The van der Waals surface area contributed by atoms with E-state index in [0.29, 0.717) is 22.1 Å². The molecule has 0 aliphatic carbocycles. The maximum Gasteiger partial charge on any atom is 0.261 e. The number of amides is 1. The number of hydrogen-bond donors (Lipinski definition) is 1. The summed E-state index contributed by atoms with van der Waals surface area (Å²) >= 11 is 1.42. The van der Waals surface area contributed by atoms with Crippen molar-refractivity contribution in [2.45, 2.75) is 5.16 Å². The molecule has 134 valence electrons. The van der Waals surface area contributed by atoms with Crippen molar-refractivity contribution < 1.29 is 13.6 Å². The minimum atomic E-state index is -0.920. The topological polar surface area (TPSA) is 54.9 Å². The number of thioether (sulfide) groups is 1. The molecule has 3 rings (SSSR count). The van der Waals surface area contributed by atoms with Gasteiger partial charge in [0.15, 0.2) is 5.16 Å². The molecule has 0 fully saturated rings. The fourth-order valence-corrected chi connectivity index (χ4v) is 2.58. The highest BCUT2D eigenvalue weighted by molar-refractivity contribution is 7.98. The zero-order chi connectivity index (χ0) is 19.2. The summed E-state index contributed by atoms with van der Waals surface area (Å²) < 4.78 is 27.4. The Morgan fingerprint density at radius 2 is 1.81 bits per heavy atom. The molecule has 0 radical (unpaired) electrons. The van der Waals surface area contributed by atoms with Gasteiger partial charge in [-0.05, 0) is 48.6 Å². The largest absolute Gasteiger partial charge is 0.322 e. The molecule has 1 N–H and O–H groups in total. The van der Waals surface area contributed by atoms with Crippen molar-refractivity contribution in [2.24, 2.45) is 0 Å². The first-order valence-electron chi connectivity index (χ1n) is 7.81. The summed E-state index contributed by atoms with van der Waals surface area (Å²) in [6.45, 7) is 0. The molecule has 0 saturated heterocycles. The molecule has 4 nitrogen and oxygen atoms in total. The molecule has 1 aromatic heterocycles. The monoisotopic (exact) mass is 381 g/mol. The third-order valence-corrected chi connectivity index (χ3v) is 4.02. The Bertz CT molecular complexity index is 1040. The highest BCUT2D eigenvalue weighted by Gasteiger charge is 2.17. The molecule has 0 unspecified atom stereocenters. The van der Waals surface area contributed by atoms with Gasteiger partial charge in [0.2, 0.25) is 0 Å². The lowest BCUT2D eigenvalue weighted by molar-refractivity contribution is 0.101. The highest BCUT2D eigenvalue weighted by Crippen LogP contribution is 2.16. The standard InChI is InChI=1S/C20H13F2N3OS/c1-27-20-23-11-10-14(25-20)9-8-13-4-2-5-15(12-13)24-19(26)18-16(21)6-3-7-17(18)22/h2-7,10-12H,1H3,(H,24,26). The van der Waals surface area contributed by atoms with Crippen molar-refractivity contribution in [3.63, 3.8) is 0 Å². The number of rotatable bonds is 3. The number of carbonyl (C=O) groups excluding carboxylic acids is 1. The summed E-state index contributed by atoms with van der Waals surface area (Å²) in [5, 5.41) is 3.10. The number of benzene rings is 2. The molecule has 0 atom stereocenters. The van der Waals surface area contributed by atoms with Crippen LogP contribution < -0.4 is 5.32 Å². The Labute approximate surface area is 159 Å². The van der Waals surface area contributed by atoms with Gasteiger partial charge in [-0.25, -0.2) is 18.7 Å². The highest BCUT2D eigenvalue weighted by atomic mass is 32.2. The van der Waals surface area contributed by atoms with Crippen molar-refractivity contribution in [1.29, 1.82) is 0 Å². The SMILES string of the molecule is CSc1nccc(C#Cc2cccc(NC(=O)c3c(F)cccc3F)c2)n1. The van der Waals surface area contributed by atoms with Crippen LogP contribution in [0.2, 0.25) is 0 Å². The third kappa shape index (κ3) is 4.68. The van der Waals surface area contributed by atoms with Gasteiger partial charge in [0.05, 0.1) is 0 Å². The fraction of sp³-hybridized carbons (Fsp3) is 0.0500. The summed E-state index contributed by atoms with van der Waals surface area (Å²) in [5.74, 6) is 3.15. The van der Waals surface area contributed by atoms with Gasteiger partial charge in [-0.1, -0.05) is 29.8 Å². The van der Waals surface area contributed by atoms with E-state index < -0.39 is 23.1 Å². The molecule has 7 heteroatoms. The first-order chi connectivity index (χ1) is 13.1. The van der Waals surface area contributed by atoms with Gasteiger partial charge >= 0.3 is 0 Å². The van der Waals surface area contributed by atoms with Crippen LogP contribution in [-0.2, 0) is 0 Å². The second-order valence-electron chi connectivity index (χ2n) is 5.31. The van der Waals surface area contributed by atoms with Crippen LogP contribution in [0, 0.1) is 23.5 Å². The summed E-state index contributed by atoms with van der Waals surface area (Å²) in [4.78, 5) is 20.5. The quantitative estimate of drug-likeness (QED) is 0.421. The molecule has 1 heterocycles. The van der Waals surface area contributed by atoms with E-state index in [1.807, 2.05) is 6.26 Å². The van der Waals surface area contributed by atoms with E-state index in [0.717, 1.165) is 12.1 Å². The Balaban J connectivity index is 1.80. The summed E-state index contributed by atoms with van der Waals surface area (Å²) in [6, 6.07) is 11.6. The molecule has 2 aromatic carbocycles. The lowest BCUT2D eigenvalue weighted by Gasteiger charge is -2.07. The van der Waals surface area contributed by atoms with Crippen LogP contribution in [0.4, 0.5) is 14.5 Å². The lowest BCUT2D eigenvalue weighted by atomic mass is 10.1. The van der Waals surface area contributed by atoms with Crippen LogP contribution in [0.3, 0.4) is 0 Å². The smallest absolute Gasteiger partial charge is 0.261 e. The van der Waals surface area contributed by atoms with Crippen molar-refractivity contribution in [2.75, 3.05) is 11.6 Å². The Kier molecular flexibility index (Phi) is 5.79. The van der Waals surface area contributed by atoms with E-state index in [1.54, 1.807) is 36.5 Å². The molecule has 0 aliphatic rings. The molecule has 0 saturated carbocycles. The normalized spacial score (nSPS) is 10.0. The maximum absolute atomic E-state index is 13.7. The van der Waals surface area contributed by atoms with Crippen molar-refractivity contribution >= 4 is 23.4 Å². The minimum Gasteiger partial charge on any atom is -0.322 e. The van der Waals surface area contributed by atoms with Crippen molar-refractivity contribution in [3.05, 3.63) is 83.2 Å². The van der Waals surface area contributed by atoms with Crippen LogP contribution in [0.1, 0.15) is 21.6 Å². The van der Waals surface area contributed by atoms with Gasteiger partial charge in [0.25, 0.3) is 5.91 Å². The zero-order valence-corrected chi connectivity index (χ0v) is 15.0. The van der Waals surface area contributed by atoms with E-state index in [9.17, 15) is 13.6 Å². The van der Waals surface area contributed by atoms with Gasteiger partial charge in [-0.2, -0.15) is 0 Å². The average molecular weight is 381 g/mol. The summed E-state index contributed by atoms with van der Waals surface area (Å²) in [6.07, 6.45) is 3.50. The van der Waals surface area contributed by atoms with Crippen LogP contribution >= 0.6 is 11.8 Å².